The minimum Gasteiger partial charge on any atom is -0.497 e. The highest BCUT2D eigenvalue weighted by Crippen LogP contribution is 2.15. The third-order valence-corrected chi connectivity index (χ3v) is 4.83. The Hall–Kier alpha value is -2.37. The topological polar surface area (TPSA) is 52.0 Å². The monoisotopic (exact) mass is 355 g/mol. The van der Waals surface area contributed by atoms with Gasteiger partial charge in [0, 0.05) is 5.56 Å². The van der Waals surface area contributed by atoms with Crippen molar-refractivity contribution in [3.63, 3.8) is 0 Å². The number of aryl methyl sites for hydroxylation is 1. The fourth-order valence-electron chi connectivity index (χ4n) is 3.19. The molecule has 5 nitrogen and oxygen atoms in total. The number of nitrogens with one attached hydrogen (secondary N) is 2. The molecular formula is C21H27N2O3+. The zero-order valence-corrected chi connectivity index (χ0v) is 15.5. The maximum Gasteiger partial charge on any atom is 0.251 e. The molecule has 1 amide bonds. The predicted molar refractivity (Wildman–Crippen MR) is 101 cm³/mol. The summed E-state index contributed by atoms with van der Waals surface area (Å²) < 4.78 is 10.6. The molecule has 26 heavy (non-hydrogen) atoms. The van der Waals surface area contributed by atoms with Gasteiger partial charge in [-0.1, -0.05) is 29.8 Å². The van der Waals surface area contributed by atoms with Crippen molar-refractivity contribution in [2.24, 2.45) is 0 Å². The number of carbonyl (C=O) groups excluding carboxylic acids is 1. The molecule has 1 aliphatic rings. The molecule has 1 heterocycles. The van der Waals surface area contributed by atoms with E-state index in [1.54, 1.807) is 19.2 Å². The molecule has 2 aromatic carbocycles. The number of hydrogen-bond acceptors (Lipinski definition) is 3. The molecule has 0 saturated carbocycles. The van der Waals surface area contributed by atoms with Gasteiger partial charge in [0.15, 0.2) is 0 Å². The summed E-state index contributed by atoms with van der Waals surface area (Å²) in [5, 5.41) is 3.21. The second-order valence-corrected chi connectivity index (χ2v) is 6.73. The summed E-state index contributed by atoms with van der Waals surface area (Å²) >= 11 is 0. The summed E-state index contributed by atoms with van der Waals surface area (Å²) in [7, 11) is 1.62. The van der Waals surface area contributed by atoms with Crippen LogP contribution in [0.2, 0.25) is 0 Å². The molecule has 1 saturated heterocycles. The smallest absolute Gasteiger partial charge is 0.251 e. The van der Waals surface area contributed by atoms with Crippen molar-refractivity contribution in [3.05, 3.63) is 65.2 Å². The Morgan fingerprint density at radius 1 is 1.12 bits per heavy atom. The Kier molecular flexibility index (Phi) is 6.26. The van der Waals surface area contributed by atoms with Crippen LogP contribution in [0.25, 0.3) is 0 Å². The fourth-order valence-corrected chi connectivity index (χ4v) is 3.19. The summed E-state index contributed by atoms with van der Waals surface area (Å²) in [6.45, 7) is 6.43. The number of hydrogen-bond donors (Lipinski definition) is 2. The van der Waals surface area contributed by atoms with Gasteiger partial charge in [0.1, 0.15) is 31.4 Å². The molecule has 0 spiro atoms. The lowest BCUT2D eigenvalue weighted by Crippen LogP contribution is -3.14. The van der Waals surface area contributed by atoms with Crippen LogP contribution in [-0.2, 0) is 4.74 Å². The first kappa shape index (κ1) is 18.4. The van der Waals surface area contributed by atoms with Gasteiger partial charge in [-0.2, -0.15) is 0 Å². The zero-order valence-electron chi connectivity index (χ0n) is 15.5. The summed E-state index contributed by atoms with van der Waals surface area (Å²) in [6.07, 6.45) is 0. The van der Waals surface area contributed by atoms with E-state index < -0.39 is 0 Å². The van der Waals surface area contributed by atoms with E-state index in [0.717, 1.165) is 44.2 Å². The van der Waals surface area contributed by atoms with Crippen molar-refractivity contribution in [3.8, 4) is 5.75 Å². The van der Waals surface area contributed by atoms with Crippen LogP contribution >= 0.6 is 0 Å². The van der Waals surface area contributed by atoms with Gasteiger partial charge in [-0.05, 0) is 36.8 Å². The molecule has 1 atom stereocenters. The number of benzene rings is 2. The molecule has 1 aliphatic heterocycles. The van der Waals surface area contributed by atoms with Crippen molar-refractivity contribution in [2.45, 2.75) is 13.0 Å². The lowest BCUT2D eigenvalue weighted by molar-refractivity contribution is -0.909. The Morgan fingerprint density at radius 2 is 1.77 bits per heavy atom. The maximum absolute atomic E-state index is 12.8. The normalized spacial score (nSPS) is 16.1. The largest absolute Gasteiger partial charge is 0.497 e. The van der Waals surface area contributed by atoms with Gasteiger partial charge in [-0.25, -0.2) is 0 Å². The number of methoxy groups -OCH3 is 1. The lowest BCUT2D eigenvalue weighted by Gasteiger charge is -2.28. The number of rotatable bonds is 6. The van der Waals surface area contributed by atoms with Crippen molar-refractivity contribution >= 4 is 5.91 Å². The van der Waals surface area contributed by atoms with E-state index in [4.69, 9.17) is 9.47 Å². The average molecular weight is 355 g/mol. The second kappa shape index (κ2) is 8.83. The molecule has 3 rings (SSSR count). The van der Waals surface area contributed by atoms with Crippen LogP contribution in [0, 0.1) is 6.92 Å². The Morgan fingerprint density at radius 3 is 2.38 bits per heavy atom. The van der Waals surface area contributed by atoms with E-state index in [0.29, 0.717) is 5.56 Å². The van der Waals surface area contributed by atoms with Gasteiger partial charge in [-0.3, -0.25) is 4.79 Å². The Bertz CT molecular complexity index is 707. The number of morpholine rings is 1. The Balaban J connectivity index is 1.74. The molecule has 0 radical (unpaired) electrons. The number of ether oxygens (including phenoxy) is 2. The number of carbonyl (C=O) groups is 1. The zero-order chi connectivity index (χ0) is 18.4. The lowest BCUT2D eigenvalue weighted by atomic mass is 10.0. The highest BCUT2D eigenvalue weighted by atomic mass is 16.5. The first-order valence-corrected chi connectivity index (χ1v) is 9.08. The van der Waals surface area contributed by atoms with Crippen LogP contribution < -0.4 is 15.0 Å². The molecule has 138 valence electrons. The van der Waals surface area contributed by atoms with E-state index in [9.17, 15) is 4.79 Å². The second-order valence-electron chi connectivity index (χ2n) is 6.73. The van der Waals surface area contributed by atoms with Crippen molar-refractivity contribution in [1.29, 1.82) is 0 Å². The number of amides is 1. The summed E-state index contributed by atoms with van der Waals surface area (Å²) in [6, 6.07) is 15.6. The third kappa shape index (κ3) is 4.84. The van der Waals surface area contributed by atoms with E-state index in [-0.39, 0.29) is 11.9 Å². The first-order chi connectivity index (χ1) is 12.7. The maximum atomic E-state index is 12.8. The summed E-state index contributed by atoms with van der Waals surface area (Å²) in [5.74, 6) is 0.681. The highest BCUT2D eigenvalue weighted by Gasteiger charge is 2.23. The van der Waals surface area contributed by atoms with E-state index >= 15 is 0 Å². The van der Waals surface area contributed by atoms with Crippen LogP contribution in [0.4, 0.5) is 0 Å². The minimum atomic E-state index is -0.0640. The van der Waals surface area contributed by atoms with Crippen LogP contribution in [-0.4, -0.2) is 45.9 Å². The fraction of sp³-hybridized carbons (Fsp3) is 0.381. The van der Waals surface area contributed by atoms with Crippen LogP contribution in [0.3, 0.4) is 0 Å². The van der Waals surface area contributed by atoms with Gasteiger partial charge in [0.2, 0.25) is 0 Å². The molecular weight excluding hydrogens is 328 g/mol. The third-order valence-electron chi connectivity index (χ3n) is 4.83. The first-order valence-electron chi connectivity index (χ1n) is 9.08. The minimum absolute atomic E-state index is 0.0294. The van der Waals surface area contributed by atoms with E-state index in [1.165, 1.54) is 10.5 Å². The Labute approximate surface area is 154 Å². The van der Waals surface area contributed by atoms with Gasteiger partial charge in [0.25, 0.3) is 5.91 Å². The molecule has 0 unspecified atom stereocenters. The molecule has 1 fully saturated rings. The molecule has 2 aromatic rings. The SMILES string of the molecule is COc1ccc(C(=O)N[C@@H](C[NH+]2CCOCC2)c2ccc(C)cc2)cc1. The van der Waals surface area contributed by atoms with Crippen molar-refractivity contribution in [2.75, 3.05) is 40.0 Å². The van der Waals surface area contributed by atoms with Crippen LogP contribution in [0.1, 0.15) is 27.5 Å². The molecule has 0 bridgehead atoms. The van der Waals surface area contributed by atoms with Gasteiger partial charge < -0.3 is 19.7 Å². The predicted octanol–water partition coefficient (Wildman–Crippen LogP) is 1.39. The van der Waals surface area contributed by atoms with E-state index in [1.807, 2.05) is 12.1 Å². The summed E-state index contributed by atoms with van der Waals surface area (Å²) in [5.41, 5.74) is 2.99. The van der Waals surface area contributed by atoms with Crippen molar-refractivity contribution < 1.29 is 19.2 Å². The highest BCUT2D eigenvalue weighted by molar-refractivity contribution is 5.94. The molecule has 0 aromatic heterocycles. The average Bonchev–Trinajstić information content (AvgIpc) is 2.69. The number of quaternary nitrogens is 1. The van der Waals surface area contributed by atoms with Gasteiger partial charge in [-0.15, -0.1) is 0 Å². The van der Waals surface area contributed by atoms with Gasteiger partial charge in [0.05, 0.1) is 20.3 Å². The summed E-state index contributed by atoms with van der Waals surface area (Å²) in [4.78, 5) is 14.2. The van der Waals surface area contributed by atoms with Crippen LogP contribution in [0.5, 0.6) is 5.75 Å². The quantitative estimate of drug-likeness (QED) is 0.823. The molecule has 5 heteroatoms. The molecule has 2 N–H and O–H groups in total. The van der Waals surface area contributed by atoms with Gasteiger partial charge >= 0.3 is 0 Å². The standard InChI is InChI=1S/C21H26N2O3/c1-16-3-5-17(6-4-16)20(15-23-11-13-26-14-12-23)22-21(24)18-7-9-19(25-2)10-8-18/h3-10,20H,11-15H2,1-2H3,(H,22,24)/p+1/t20-/m0/s1. The van der Waals surface area contributed by atoms with Crippen molar-refractivity contribution in [1.82, 2.24) is 5.32 Å². The van der Waals surface area contributed by atoms with Crippen LogP contribution in [0.15, 0.2) is 48.5 Å². The molecule has 0 aliphatic carbocycles. The van der Waals surface area contributed by atoms with E-state index in [2.05, 4.69) is 36.5 Å².